The monoisotopic (exact) mass is 418 g/mol. The Morgan fingerprint density at radius 1 is 1.17 bits per heavy atom. The predicted octanol–water partition coefficient (Wildman–Crippen LogP) is 4.19. The molecule has 1 aromatic carbocycles. The van der Waals surface area contributed by atoms with Gasteiger partial charge in [0.2, 0.25) is 0 Å². The Hall–Kier alpha value is -3.65. The van der Waals surface area contributed by atoms with E-state index in [1.165, 1.54) is 11.8 Å². The second-order valence-electron chi connectivity index (χ2n) is 6.27. The molecule has 4 rings (SSSR count). The first-order valence-corrected chi connectivity index (χ1v) is 9.93. The van der Waals surface area contributed by atoms with Gasteiger partial charge in [-0.05, 0) is 71.4 Å². The molecule has 2 aromatic heterocycles. The lowest BCUT2D eigenvalue weighted by atomic mass is 10.2. The maximum Gasteiger partial charge on any atom is 0.267 e. The maximum atomic E-state index is 13.0. The van der Waals surface area contributed by atoms with Crippen molar-refractivity contribution in [1.29, 1.82) is 0 Å². The summed E-state index contributed by atoms with van der Waals surface area (Å²) in [5.41, 5.74) is 1.72. The molecule has 0 bridgehead atoms. The molecular weight excluding hydrogens is 400 g/mol. The highest BCUT2D eigenvalue weighted by Gasteiger charge is 2.34. The first kappa shape index (κ1) is 19.7. The molecule has 0 N–H and O–H groups in total. The molecule has 7 nitrogen and oxygen atoms in total. The average Bonchev–Trinajstić information content (AvgIpc) is 3.39. The highest BCUT2D eigenvalue weighted by Crippen LogP contribution is 2.33. The van der Waals surface area contributed by atoms with E-state index in [4.69, 9.17) is 9.15 Å². The zero-order valence-corrected chi connectivity index (χ0v) is 17.0. The van der Waals surface area contributed by atoms with Crippen molar-refractivity contribution < 1.29 is 13.9 Å². The molecule has 1 aliphatic heterocycles. The minimum Gasteiger partial charge on any atom is -0.497 e. The van der Waals surface area contributed by atoms with E-state index in [-0.39, 0.29) is 12.5 Å². The fourth-order valence-electron chi connectivity index (χ4n) is 2.73. The van der Waals surface area contributed by atoms with Crippen LogP contribution in [0.1, 0.15) is 16.9 Å². The molecule has 1 aliphatic rings. The van der Waals surface area contributed by atoms with E-state index in [1.54, 1.807) is 49.0 Å². The van der Waals surface area contributed by atoms with Crippen molar-refractivity contribution in [2.45, 2.75) is 6.54 Å². The third kappa shape index (κ3) is 4.66. The van der Waals surface area contributed by atoms with Crippen LogP contribution in [0.3, 0.4) is 0 Å². The van der Waals surface area contributed by atoms with Gasteiger partial charge in [0, 0.05) is 12.4 Å². The smallest absolute Gasteiger partial charge is 0.267 e. The fourth-order valence-corrected chi connectivity index (χ4v) is 3.66. The molecule has 8 heteroatoms. The van der Waals surface area contributed by atoms with E-state index in [0.29, 0.717) is 15.8 Å². The molecule has 1 amide bonds. The van der Waals surface area contributed by atoms with E-state index in [1.807, 2.05) is 42.5 Å². The Morgan fingerprint density at radius 3 is 2.73 bits per heavy atom. The van der Waals surface area contributed by atoms with Crippen LogP contribution in [0.25, 0.3) is 6.08 Å². The molecule has 0 unspecified atom stereocenters. The summed E-state index contributed by atoms with van der Waals surface area (Å²) in [6.07, 6.45) is 8.40. The maximum absolute atomic E-state index is 13.0. The largest absolute Gasteiger partial charge is 0.497 e. The van der Waals surface area contributed by atoms with Gasteiger partial charge < -0.3 is 9.15 Å². The van der Waals surface area contributed by atoms with Crippen LogP contribution in [0.5, 0.6) is 5.75 Å². The molecule has 150 valence electrons. The number of hydrogen-bond donors (Lipinski definition) is 0. The van der Waals surface area contributed by atoms with Crippen molar-refractivity contribution in [2.24, 2.45) is 10.2 Å². The van der Waals surface area contributed by atoms with Gasteiger partial charge in [-0.3, -0.25) is 14.7 Å². The van der Waals surface area contributed by atoms with Gasteiger partial charge in [-0.15, -0.1) is 5.10 Å². The number of thioether (sulfide) groups is 1. The summed E-state index contributed by atoms with van der Waals surface area (Å²) in [5, 5.41) is 8.94. The number of amides is 1. The van der Waals surface area contributed by atoms with Crippen LogP contribution in [-0.4, -0.2) is 34.3 Å². The van der Waals surface area contributed by atoms with Crippen LogP contribution >= 0.6 is 11.8 Å². The number of furan rings is 1. The van der Waals surface area contributed by atoms with E-state index in [9.17, 15) is 4.79 Å². The molecule has 30 heavy (non-hydrogen) atoms. The molecule has 0 aliphatic carbocycles. The standard InChI is InChI=1S/C22H18N4O3S/c1-28-18-8-6-16(7-9-18)14-24-25-22-26(15-19-5-3-11-29-19)21(27)20(30-22)12-17-4-2-10-23-13-17/h2-14H,15H2,1H3/b20-12-,24-14+,25-22-. The molecule has 3 heterocycles. The van der Waals surface area contributed by atoms with Crippen LogP contribution in [0, 0.1) is 0 Å². The summed E-state index contributed by atoms with van der Waals surface area (Å²) >= 11 is 1.27. The summed E-state index contributed by atoms with van der Waals surface area (Å²) in [6, 6.07) is 14.8. The Bertz CT molecular complexity index is 1090. The number of carbonyl (C=O) groups excluding carboxylic acids is 1. The zero-order valence-electron chi connectivity index (χ0n) is 16.1. The van der Waals surface area contributed by atoms with Crippen LogP contribution in [-0.2, 0) is 11.3 Å². The number of benzene rings is 1. The van der Waals surface area contributed by atoms with Crippen molar-refractivity contribution in [2.75, 3.05) is 7.11 Å². The highest BCUT2D eigenvalue weighted by molar-refractivity contribution is 8.18. The van der Waals surface area contributed by atoms with E-state index in [0.717, 1.165) is 16.9 Å². The Kier molecular flexibility index (Phi) is 6.05. The highest BCUT2D eigenvalue weighted by atomic mass is 32.2. The molecule has 3 aromatic rings. The van der Waals surface area contributed by atoms with Gasteiger partial charge >= 0.3 is 0 Å². The van der Waals surface area contributed by atoms with Gasteiger partial charge in [0.25, 0.3) is 5.91 Å². The van der Waals surface area contributed by atoms with Crippen LogP contribution in [0.4, 0.5) is 0 Å². The summed E-state index contributed by atoms with van der Waals surface area (Å²) < 4.78 is 10.6. The topological polar surface area (TPSA) is 80.3 Å². The van der Waals surface area contributed by atoms with Crippen molar-refractivity contribution in [3.8, 4) is 5.75 Å². The second-order valence-corrected chi connectivity index (χ2v) is 7.28. The quantitative estimate of drug-likeness (QED) is 0.341. The van der Waals surface area contributed by atoms with E-state index >= 15 is 0 Å². The van der Waals surface area contributed by atoms with Gasteiger partial charge in [0.1, 0.15) is 11.5 Å². The minimum absolute atomic E-state index is 0.154. The van der Waals surface area contributed by atoms with Gasteiger partial charge in [-0.25, -0.2) is 0 Å². The minimum atomic E-state index is -0.154. The van der Waals surface area contributed by atoms with Gasteiger partial charge in [0.05, 0.1) is 31.0 Å². The molecular formula is C22H18N4O3S. The molecule has 1 fully saturated rings. The van der Waals surface area contributed by atoms with Crippen LogP contribution < -0.4 is 4.74 Å². The van der Waals surface area contributed by atoms with Crippen molar-refractivity contribution in [1.82, 2.24) is 9.88 Å². The van der Waals surface area contributed by atoms with E-state index in [2.05, 4.69) is 15.2 Å². The number of carbonyl (C=O) groups is 1. The molecule has 0 atom stereocenters. The van der Waals surface area contributed by atoms with Crippen LogP contribution in [0.2, 0.25) is 0 Å². The van der Waals surface area contributed by atoms with Gasteiger partial charge in [-0.2, -0.15) is 5.10 Å². The number of pyridine rings is 1. The SMILES string of the molecule is COc1ccc(/C=N/N=C2\S/C(=C\c3cccnc3)C(=O)N2Cc2ccco2)cc1. The van der Waals surface area contributed by atoms with Crippen molar-refractivity contribution in [3.63, 3.8) is 0 Å². The lowest BCUT2D eigenvalue weighted by Crippen LogP contribution is -2.28. The molecule has 0 spiro atoms. The number of ether oxygens (including phenoxy) is 1. The second kappa shape index (κ2) is 9.23. The number of nitrogens with zero attached hydrogens (tertiary/aromatic N) is 4. The molecule has 0 radical (unpaired) electrons. The fraction of sp³-hybridized carbons (Fsp3) is 0.0909. The van der Waals surface area contributed by atoms with Crippen LogP contribution in [0.15, 0.2) is 86.7 Å². The van der Waals surface area contributed by atoms with Gasteiger partial charge in [0.15, 0.2) is 5.17 Å². The van der Waals surface area contributed by atoms with E-state index < -0.39 is 0 Å². The number of methoxy groups -OCH3 is 1. The first-order chi connectivity index (χ1) is 14.7. The normalized spacial score (nSPS) is 16.8. The molecule has 1 saturated heterocycles. The number of aromatic nitrogens is 1. The first-order valence-electron chi connectivity index (χ1n) is 9.12. The zero-order chi connectivity index (χ0) is 20.8. The third-order valence-corrected chi connectivity index (χ3v) is 5.23. The number of hydrogen-bond acceptors (Lipinski definition) is 7. The lowest BCUT2D eigenvalue weighted by Gasteiger charge is -2.12. The Balaban J connectivity index is 1.59. The Morgan fingerprint density at radius 2 is 2.03 bits per heavy atom. The van der Waals surface area contributed by atoms with Crippen molar-refractivity contribution in [3.05, 3.63) is 89.0 Å². The molecule has 0 saturated carbocycles. The van der Waals surface area contributed by atoms with Crippen molar-refractivity contribution >= 4 is 35.1 Å². The predicted molar refractivity (Wildman–Crippen MR) is 117 cm³/mol. The number of rotatable bonds is 6. The lowest BCUT2D eigenvalue weighted by molar-refractivity contribution is -0.122. The summed E-state index contributed by atoms with van der Waals surface area (Å²) in [5.74, 6) is 1.28. The Labute approximate surface area is 177 Å². The average molecular weight is 418 g/mol. The van der Waals surface area contributed by atoms with Gasteiger partial charge in [-0.1, -0.05) is 6.07 Å². The third-order valence-electron chi connectivity index (χ3n) is 4.23. The summed E-state index contributed by atoms with van der Waals surface area (Å²) in [4.78, 5) is 19.2. The summed E-state index contributed by atoms with van der Waals surface area (Å²) in [7, 11) is 1.62. The summed E-state index contributed by atoms with van der Waals surface area (Å²) in [6.45, 7) is 0.278. The number of amidine groups is 1.